The van der Waals surface area contributed by atoms with Gasteiger partial charge in [0.2, 0.25) is 0 Å². The minimum Gasteiger partial charge on any atom is -0.392 e. The van der Waals surface area contributed by atoms with Crippen LogP contribution in [0.2, 0.25) is 0 Å². The molecule has 0 spiro atoms. The summed E-state index contributed by atoms with van der Waals surface area (Å²) in [7, 11) is 0. The lowest BCUT2D eigenvalue weighted by Crippen LogP contribution is -2.16. The summed E-state index contributed by atoms with van der Waals surface area (Å²) >= 11 is 0. The number of aliphatic hydroxyl groups is 1. The summed E-state index contributed by atoms with van der Waals surface area (Å²) in [5.74, 6) is 0.949. The Bertz CT molecular complexity index is 476. The van der Waals surface area contributed by atoms with E-state index in [1.54, 1.807) is 6.92 Å². The van der Waals surface area contributed by atoms with Crippen molar-refractivity contribution in [3.05, 3.63) is 30.1 Å². The number of benzene rings is 1. The third kappa shape index (κ3) is 2.08. The SMILES string of the molecule is CC(O)Cn1c(CCN)nc2ccccc21. The van der Waals surface area contributed by atoms with Gasteiger partial charge in [-0.05, 0) is 25.6 Å². The van der Waals surface area contributed by atoms with Crippen LogP contribution in [0.15, 0.2) is 24.3 Å². The van der Waals surface area contributed by atoms with Crippen molar-refractivity contribution in [2.75, 3.05) is 6.54 Å². The fourth-order valence-electron chi connectivity index (χ4n) is 1.91. The summed E-state index contributed by atoms with van der Waals surface area (Å²) in [5, 5.41) is 9.50. The third-order valence-corrected chi connectivity index (χ3v) is 2.55. The van der Waals surface area contributed by atoms with Gasteiger partial charge in [-0.2, -0.15) is 0 Å². The molecule has 4 heteroatoms. The van der Waals surface area contributed by atoms with Gasteiger partial charge in [0.05, 0.1) is 23.7 Å². The van der Waals surface area contributed by atoms with E-state index < -0.39 is 0 Å². The standard InChI is InChI=1S/C12H17N3O/c1-9(16)8-15-11-5-3-2-4-10(11)14-12(15)6-7-13/h2-5,9,16H,6-8,13H2,1H3. The van der Waals surface area contributed by atoms with Crippen molar-refractivity contribution >= 4 is 11.0 Å². The van der Waals surface area contributed by atoms with Crippen molar-refractivity contribution < 1.29 is 5.11 Å². The fraction of sp³-hybridized carbons (Fsp3) is 0.417. The predicted molar refractivity (Wildman–Crippen MR) is 64.2 cm³/mol. The average molecular weight is 219 g/mol. The van der Waals surface area contributed by atoms with Crippen LogP contribution in [0, 0.1) is 0 Å². The molecule has 0 saturated carbocycles. The Morgan fingerprint density at radius 1 is 1.44 bits per heavy atom. The van der Waals surface area contributed by atoms with Crippen LogP contribution < -0.4 is 5.73 Å². The summed E-state index contributed by atoms with van der Waals surface area (Å²) in [6.45, 7) is 2.92. The van der Waals surface area contributed by atoms with Gasteiger partial charge in [-0.15, -0.1) is 0 Å². The lowest BCUT2D eigenvalue weighted by Gasteiger charge is -2.10. The molecule has 0 radical (unpaired) electrons. The smallest absolute Gasteiger partial charge is 0.111 e. The molecule has 2 rings (SSSR count). The van der Waals surface area contributed by atoms with E-state index in [0.717, 1.165) is 23.3 Å². The highest BCUT2D eigenvalue weighted by molar-refractivity contribution is 5.75. The molecule has 86 valence electrons. The van der Waals surface area contributed by atoms with Gasteiger partial charge in [0.25, 0.3) is 0 Å². The van der Waals surface area contributed by atoms with Crippen molar-refractivity contribution in [1.29, 1.82) is 0 Å². The first kappa shape index (κ1) is 11.1. The van der Waals surface area contributed by atoms with Crippen LogP contribution >= 0.6 is 0 Å². The van der Waals surface area contributed by atoms with E-state index in [4.69, 9.17) is 5.73 Å². The summed E-state index contributed by atoms with van der Waals surface area (Å²) in [4.78, 5) is 4.53. The molecule has 0 aliphatic carbocycles. The fourth-order valence-corrected chi connectivity index (χ4v) is 1.91. The predicted octanol–water partition coefficient (Wildman–Crippen LogP) is 0.918. The summed E-state index contributed by atoms with van der Waals surface area (Å²) < 4.78 is 2.05. The number of fused-ring (bicyclic) bond motifs is 1. The van der Waals surface area contributed by atoms with Crippen LogP contribution in [0.4, 0.5) is 0 Å². The molecule has 3 N–H and O–H groups in total. The summed E-state index contributed by atoms with van der Waals surface area (Å²) in [5.41, 5.74) is 7.59. The van der Waals surface area contributed by atoms with E-state index >= 15 is 0 Å². The van der Waals surface area contributed by atoms with Gasteiger partial charge in [0.1, 0.15) is 5.82 Å². The number of hydrogen-bond acceptors (Lipinski definition) is 3. The van der Waals surface area contributed by atoms with Crippen LogP contribution in [-0.4, -0.2) is 27.3 Å². The summed E-state index contributed by atoms with van der Waals surface area (Å²) in [6.07, 6.45) is 0.357. The third-order valence-electron chi connectivity index (χ3n) is 2.55. The molecule has 4 nitrogen and oxygen atoms in total. The topological polar surface area (TPSA) is 64.1 Å². The molecule has 16 heavy (non-hydrogen) atoms. The molecular formula is C12H17N3O. The molecule has 0 fully saturated rings. The highest BCUT2D eigenvalue weighted by atomic mass is 16.3. The Hall–Kier alpha value is -1.39. The van der Waals surface area contributed by atoms with Gasteiger partial charge in [0.15, 0.2) is 0 Å². The highest BCUT2D eigenvalue weighted by Crippen LogP contribution is 2.16. The van der Waals surface area contributed by atoms with E-state index in [-0.39, 0.29) is 6.10 Å². The van der Waals surface area contributed by atoms with E-state index in [2.05, 4.69) is 4.98 Å². The molecule has 1 aromatic carbocycles. The zero-order valence-corrected chi connectivity index (χ0v) is 9.43. The van der Waals surface area contributed by atoms with Crippen LogP contribution in [0.25, 0.3) is 11.0 Å². The number of imidazole rings is 1. The van der Waals surface area contributed by atoms with Gasteiger partial charge in [-0.25, -0.2) is 4.98 Å². The molecule has 0 saturated heterocycles. The molecule has 1 unspecified atom stereocenters. The molecule has 2 aromatic rings. The molecule has 0 bridgehead atoms. The lowest BCUT2D eigenvalue weighted by atomic mass is 10.3. The van der Waals surface area contributed by atoms with E-state index in [1.807, 2.05) is 28.8 Å². The molecular weight excluding hydrogens is 202 g/mol. The quantitative estimate of drug-likeness (QED) is 0.803. The number of para-hydroxylation sites is 2. The minimum atomic E-state index is -0.380. The second-order valence-corrected chi connectivity index (χ2v) is 4.02. The zero-order chi connectivity index (χ0) is 11.5. The normalized spacial score (nSPS) is 13.2. The van der Waals surface area contributed by atoms with Crippen LogP contribution in [0.5, 0.6) is 0 Å². The van der Waals surface area contributed by atoms with Crippen molar-refractivity contribution in [2.24, 2.45) is 5.73 Å². The second kappa shape index (κ2) is 4.63. The Balaban J connectivity index is 2.50. The van der Waals surface area contributed by atoms with Gasteiger partial charge >= 0.3 is 0 Å². The average Bonchev–Trinajstić information content (AvgIpc) is 2.57. The number of nitrogens with two attached hydrogens (primary N) is 1. The number of nitrogens with zero attached hydrogens (tertiary/aromatic N) is 2. The highest BCUT2D eigenvalue weighted by Gasteiger charge is 2.10. The Kier molecular flexibility index (Phi) is 3.22. The molecule has 1 atom stereocenters. The first-order valence-corrected chi connectivity index (χ1v) is 5.54. The number of aromatic nitrogens is 2. The molecule has 1 heterocycles. The first-order valence-electron chi connectivity index (χ1n) is 5.54. The van der Waals surface area contributed by atoms with Crippen molar-refractivity contribution in [3.8, 4) is 0 Å². The maximum absolute atomic E-state index is 9.50. The Morgan fingerprint density at radius 2 is 2.19 bits per heavy atom. The maximum atomic E-state index is 9.50. The van der Waals surface area contributed by atoms with E-state index in [1.165, 1.54) is 0 Å². The lowest BCUT2D eigenvalue weighted by molar-refractivity contribution is 0.174. The zero-order valence-electron chi connectivity index (χ0n) is 9.43. The molecule has 0 aliphatic rings. The number of aliphatic hydroxyl groups excluding tert-OH is 1. The van der Waals surface area contributed by atoms with Gasteiger partial charge in [0, 0.05) is 6.42 Å². The largest absolute Gasteiger partial charge is 0.392 e. The molecule has 0 aliphatic heterocycles. The molecule has 1 aromatic heterocycles. The van der Waals surface area contributed by atoms with Crippen molar-refractivity contribution in [3.63, 3.8) is 0 Å². The maximum Gasteiger partial charge on any atom is 0.111 e. The molecule has 0 amide bonds. The Labute approximate surface area is 94.7 Å². The van der Waals surface area contributed by atoms with E-state index in [9.17, 15) is 5.11 Å². The first-order chi connectivity index (χ1) is 7.72. The second-order valence-electron chi connectivity index (χ2n) is 4.02. The van der Waals surface area contributed by atoms with Gasteiger partial charge in [-0.1, -0.05) is 12.1 Å². The number of rotatable bonds is 4. The number of hydrogen-bond donors (Lipinski definition) is 2. The van der Waals surface area contributed by atoms with Crippen LogP contribution in [0.1, 0.15) is 12.7 Å². The minimum absolute atomic E-state index is 0.380. The van der Waals surface area contributed by atoms with Gasteiger partial charge in [-0.3, -0.25) is 0 Å². The van der Waals surface area contributed by atoms with Crippen LogP contribution in [0.3, 0.4) is 0 Å². The van der Waals surface area contributed by atoms with E-state index in [0.29, 0.717) is 13.1 Å². The van der Waals surface area contributed by atoms with Gasteiger partial charge < -0.3 is 15.4 Å². The summed E-state index contributed by atoms with van der Waals surface area (Å²) in [6, 6.07) is 7.95. The van der Waals surface area contributed by atoms with Crippen molar-refractivity contribution in [2.45, 2.75) is 26.0 Å². The monoisotopic (exact) mass is 219 g/mol. The van der Waals surface area contributed by atoms with Crippen molar-refractivity contribution in [1.82, 2.24) is 9.55 Å². The van der Waals surface area contributed by atoms with Crippen LogP contribution in [-0.2, 0) is 13.0 Å². The Morgan fingerprint density at radius 3 is 2.88 bits per heavy atom.